The molecule has 8 nitrogen and oxygen atoms in total. The van der Waals surface area contributed by atoms with Gasteiger partial charge >= 0.3 is 0 Å². The third-order valence-electron chi connectivity index (χ3n) is 7.15. The maximum absolute atomic E-state index is 13.9. The van der Waals surface area contributed by atoms with E-state index in [0.717, 1.165) is 48.4 Å². The van der Waals surface area contributed by atoms with Crippen LogP contribution in [0.3, 0.4) is 0 Å². The molecule has 3 aromatic rings. The van der Waals surface area contributed by atoms with Gasteiger partial charge in [-0.3, -0.25) is 0 Å². The Kier molecular flexibility index (Phi) is 7.37. The number of hydrogen-bond donors (Lipinski definition) is 1. The fourth-order valence-electron chi connectivity index (χ4n) is 5.29. The van der Waals surface area contributed by atoms with E-state index < -0.39 is 10.0 Å². The minimum absolute atomic E-state index is 0.108. The maximum atomic E-state index is 13.9. The summed E-state index contributed by atoms with van der Waals surface area (Å²) < 4.78 is 29.5. The average Bonchev–Trinajstić information content (AvgIpc) is 3.58. The smallest absolute Gasteiger partial charge is 0.215 e. The van der Waals surface area contributed by atoms with Crippen LogP contribution < -0.4 is 4.90 Å². The zero-order chi connectivity index (χ0) is 25.0. The van der Waals surface area contributed by atoms with Crippen molar-refractivity contribution in [2.75, 3.05) is 36.8 Å². The normalized spacial score (nSPS) is 19.1. The van der Waals surface area contributed by atoms with Gasteiger partial charge in [-0.25, -0.2) is 18.2 Å². The maximum Gasteiger partial charge on any atom is 0.215 e. The summed E-state index contributed by atoms with van der Waals surface area (Å²) in [5, 5.41) is 0. The van der Waals surface area contributed by atoms with E-state index in [1.54, 1.807) is 16.8 Å². The summed E-state index contributed by atoms with van der Waals surface area (Å²) in [6.07, 6.45) is 6.35. The SMILES string of the molecule is [C-]#[N+]c1ccc2c(c1)CN(S(=O)(=O)CCN1CCCC1)[C@H](Cc1ccccc1)CN2Cc1cnc[nH]1. The highest BCUT2D eigenvalue weighted by atomic mass is 32.2. The molecule has 1 N–H and O–H groups in total. The molecule has 0 bridgehead atoms. The molecule has 0 aliphatic carbocycles. The van der Waals surface area contributed by atoms with Crippen LogP contribution in [-0.4, -0.2) is 65.6 Å². The fourth-order valence-corrected chi connectivity index (χ4v) is 6.94. The average molecular weight is 505 g/mol. The van der Waals surface area contributed by atoms with Gasteiger partial charge in [0, 0.05) is 37.6 Å². The second-order valence-electron chi connectivity index (χ2n) is 9.64. The molecule has 0 spiro atoms. The van der Waals surface area contributed by atoms with Crippen molar-refractivity contribution >= 4 is 21.4 Å². The number of aromatic nitrogens is 2. The molecule has 1 fully saturated rings. The van der Waals surface area contributed by atoms with Crippen molar-refractivity contribution in [3.05, 3.63) is 89.3 Å². The third-order valence-corrected chi connectivity index (χ3v) is 8.99. The summed E-state index contributed by atoms with van der Waals surface area (Å²) in [5.41, 5.74) is 4.41. The monoisotopic (exact) mass is 504 g/mol. The lowest BCUT2D eigenvalue weighted by atomic mass is 10.1. The lowest BCUT2D eigenvalue weighted by Gasteiger charge is -2.32. The summed E-state index contributed by atoms with van der Waals surface area (Å²) in [5.74, 6) is 0.108. The van der Waals surface area contributed by atoms with Gasteiger partial charge in [-0.05, 0) is 55.6 Å². The van der Waals surface area contributed by atoms with Gasteiger partial charge in [-0.1, -0.05) is 36.4 Å². The van der Waals surface area contributed by atoms with Crippen LogP contribution in [0, 0.1) is 6.57 Å². The molecule has 188 valence electrons. The van der Waals surface area contributed by atoms with Crippen LogP contribution >= 0.6 is 0 Å². The first-order valence-corrected chi connectivity index (χ1v) is 14.1. The number of fused-ring (bicyclic) bond motifs is 1. The summed E-state index contributed by atoms with van der Waals surface area (Å²) in [6, 6.07) is 15.5. The number of benzene rings is 2. The van der Waals surface area contributed by atoms with E-state index in [1.165, 1.54) is 0 Å². The molecular formula is C27H32N6O2S. The van der Waals surface area contributed by atoms with E-state index in [2.05, 4.69) is 36.7 Å². The standard InChI is InChI=1S/C27H32N6O2S/c1-28-24-9-10-27-23(16-24)18-33(36(34,35)14-13-31-11-5-6-12-31)26(15-22-7-3-2-4-8-22)20-32(27)19-25-17-29-21-30-25/h2-4,7-10,16-17,21,26H,5-6,11-15,18-20H2,(H,29,30)/t26-/m1/s1. The van der Waals surface area contributed by atoms with Gasteiger partial charge in [-0.2, -0.15) is 4.31 Å². The molecule has 0 radical (unpaired) electrons. The van der Waals surface area contributed by atoms with E-state index in [9.17, 15) is 8.42 Å². The minimum atomic E-state index is -3.54. The summed E-state index contributed by atoms with van der Waals surface area (Å²) >= 11 is 0. The Morgan fingerprint density at radius 1 is 1.11 bits per heavy atom. The summed E-state index contributed by atoms with van der Waals surface area (Å²) in [7, 11) is -3.54. The summed E-state index contributed by atoms with van der Waals surface area (Å²) in [6.45, 7) is 11.4. The number of anilines is 1. The van der Waals surface area contributed by atoms with Gasteiger partial charge in [0.05, 0.1) is 30.9 Å². The van der Waals surface area contributed by atoms with Crippen molar-refractivity contribution in [3.63, 3.8) is 0 Å². The Morgan fingerprint density at radius 2 is 1.92 bits per heavy atom. The zero-order valence-corrected chi connectivity index (χ0v) is 21.2. The van der Waals surface area contributed by atoms with E-state index in [1.807, 2.05) is 36.4 Å². The number of likely N-dealkylation sites (tertiary alicyclic amines) is 1. The van der Waals surface area contributed by atoms with Gasteiger partial charge in [-0.15, -0.1) is 0 Å². The van der Waals surface area contributed by atoms with E-state index in [0.29, 0.717) is 31.7 Å². The van der Waals surface area contributed by atoms with Gasteiger partial charge in [0.2, 0.25) is 10.0 Å². The van der Waals surface area contributed by atoms with Crippen LogP contribution in [-0.2, 0) is 29.5 Å². The number of nitrogens with zero attached hydrogens (tertiary/aromatic N) is 5. The molecule has 2 aliphatic rings. The molecule has 2 aliphatic heterocycles. The Bertz CT molecular complexity index is 1300. The van der Waals surface area contributed by atoms with Crippen LogP contribution in [0.2, 0.25) is 0 Å². The van der Waals surface area contributed by atoms with E-state index in [-0.39, 0.29) is 18.3 Å². The van der Waals surface area contributed by atoms with Crippen LogP contribution in [0.25, 0.3) is 4.85 Å². The van der Waals surface area contributed by atoms with Crippen molar-refractivity contribution < 1.29 is 8.42 Å². The largest absolute Gasteiger partial charge is 0.364 e. The molecule has 1 saturated heterocycles. The van der Waals surface area contributed by atoms with E-state index >= 15 is 0 Å². The quantitative estimate of drug-likeness (QED) is 0.472. The Morgan fingerprint density at radius 3 is 2.64 bits per heavy atom. The van der Waals surface area contributed by atoms with Crippen molar-refractivity contribution in [1.29, 1.82) is 0 Å². The number of nitrogens with one attached hydrogen (secondary N) is 1. The van der Waals surface area contributed by atoms with Crippen molar-refractivity contribution in [1.82, 2.24) is 19.2 Å². The Hall–Kier alpha value is -3.19. The lowest BCUT2D eigenvalue weighted by Crippen LogP contribution is -2.47. The van der Waals surface area contributed by atoms with Gasteiger partial charge in [0.25, 0.3) is 0 Å². The minimum Gasteiger partial charge on any atom is -0.364 e. The van der Waals surface area contributed by atoms with Gasteiger partial charge in [0.15, 0.2) is 5.69 Å². The van der Waals surface area contributed by atoms with Crippen LogP contribution in [0.15, 0.2) is 61.1 Å². The third kappa shape index (κ3) is 5.62. The highest BCUT2D eigenvalue weighted by Crippen LogP contribution is 2.34. The first kappa shape index (κ1) is 24.5. The van der Waals surface area contributed by atoms with Gasteiger partial charge < -0.3 is 14.8 Å². The van der Waals surface area contributed by atoms with Crippen molar-refractivity contribution in [3.8, 4) is 0 Å². The molecule has 3 heterocycles. The molecule has 9 heteroatoms. The van der Waals surface area contributed by atoms with Crippen molar-refractivity contribution in [2.45, 2.75) is 38.4 Å². The Balaban J connectivity index is 1.51. The highest BCUT2D eigenvalue weighted by molar-refractivity contribution is 7.89. The van der Waals surface area contributed by atoms with Crippen molar-refractivity contribution in [2.24, 2.45) is 0 Å². The molecule has 5 rings (SSSR count). The molecular weight excluding hydrogens is 472 g/mol. The number of H-pyrrole nitrogens is 1. The zero-order valence-electron chi connectivity index (χ0n) is 20.4. The second-order valence-corrected chi connectivity index (χ2v) is 11.7. The molecule has 0 amide bonds. The van der Waals surface area contributed by atoms with Gasteiger partial charge in [0.1, 0.15) is 0 Å². The fraction of sp³-hybridized carbons (Fsp3) is 0.407. The van der Waals surface area contributed by atoms with Crippen LogP contribution in [0.1, 0.15) is 29.7 Å². The number of rotatable bonds is 8. The summed E-state index contributed by atoms with van der Waals surface area (Å²) in [4.78, 5) is 15.4. The first-order chi connectivity index (χ1) is 17.5. The van der Waals surface area contributed by atoms with E-state index in [4.69, 9.17) is 6.57 Å². The first-order valence-electron chi connectivity index (χ1n) is 12.5. The molecule has 1 aromatic heterocycles. The molecule has 2 aromatic carbocycles. The molecule has 1 atom stereocenters. The number of sulfonamides is 1. The van der Waals surface area contributed by atoms with Crippen LogP contribution in [0.4, 0.5) is 11.4 Å². The lowest BCUT2D eigenvalue weighted by molar-refractivity contribution is 0.310. The molecule has 36 heavy (non-hydrogen) atoms. The number of hydrogen-bond acceptors (Lipinski definition) is 5. The number of imidazole rings is 1. The molecule has 0 saturated carbocycles. The van der Waals surface area contributed by atoms with Crippen LogP contribution in [0.5, 0.6) is 0 Å². The predicted octanol–water partition coefficient (Wildman–Crippen LogP) is 3.82. The predicted molar refractivity (Wildman–Crippen MR) is 141 cm³/mol. The highest BCUT2D eigenvalue weighted by Gasteiger charge is 2.36. The number of aromatic amines is 1. The topological polar surface area (TPSA) is 76.9 Å². The Labute approximate surface area is 213 Å². The second kappa shape index (κ2) is 10.8. The molecule has 0 unspecified atom stereocenters.